The molecule has 0 aliphatic carbocycles. The molecule has 0 aromatic carbocycles. The van der Waals surface area contributed by atoms with Gasteiger partial charge in [0.2, 0.25) is 0 Å². The molecule has 3 rings (SSSR count). The number of aromatic nitrogens is 4. The van der Waals surface area contributed by atoms with E-state index in [1.165, 1.54) is 0 Å². The molecule has 0 saturated carbocycles. The number of rotatable bonds is 5. The summed E-state index contributed by atoms with van der Waals surface area (Å²) >= 11 is 0. The lowest BCUT2D eigenvalue weighted by atomic mass is 10.00. The lowest BCUT2D eigenvalue weighted by Gasteiger charge is -2.23. The summed E-state index contributed by atoms with van der Waals surface area (Å²) in [5, 5.41) is 11.1. The number of likely N-dealkylation sites (N-methyl/N-ethyl adjacent to an activating group) is 1. The van der Waals surface area contributed by atoms with E-state index in [-0.39, 0.29) is 17.9 Å². The fraction of sp³-hybridized carbons (Fsp3) is 0.625. The molecule has 1 fully saturated rings. The number of H-pyrrole nitrogens is 1. The number of nitrogens with zero attached hydrogens (tertiary/aromatic N) is 4. The summed E-state index contributed by atoms with van der Waals surface area (Å²) < 4.78 is 11.0. The number of carbonyl (C=O) groups is 1. The molecule has 3 heterocycles. The van der Waals surface area contributed by atoms with Gasteiger partial charge >= 0.3 is 0 Å². The van der Waals surface area contributed by atoms with Crippen molar-refractivity contribution < 1.29 is 14.1 Å². The molecule has 24 heavy (non-hydrogen) atoms. The molecule has 1 aliphatic rings. The summed E-state index contributed by atoms with van der Waals surface area (Å²) in [6.07, 6.45) is 1.40. The first-order chi connectivity index (χ1) is 11.5. The average Bonchev–Trinajstić information content (AvgIpc) is 3.26. The van der Waals surface area contributed by atoms with E-state index in [0.717, 1.165) is 18.1 Å². The Morgan fingerprint density at radius 2 is 2.21 bits per heavy atom. The predicted molar refractivity (Wildman–Crippen MR) is 85.8 cm³/mol. The van der Waals surface area contributed by atoms with Crippen molar-refractivity contribution in [1.29, 1.82) is 0 Å². The molecule has 1 N–H and O–H groups in total. The molecule has 2 aromatic heterocycles. The number of carbonyl (C=O) groups excluding carboxylic acids is 1. The quantitative estimate of drug-likeness (QED) is 0.893. The van der Waals surface area contributed by atoms with E-state index in [4.69, 9.17) is 9.26 Å². The second kappa shape index (κ2) is 6.72. The Balaban J connectivity index is 1.72. The molecule has 0 unspecified atom stereocenters. The minimum Gasteiger partial charge on any atom is -0.376 e. The standard InChI is InChI=1S/C16H23N5O3/c1-5-12-14(9(2)24-20-12)16(22)21(4)8-13-11(6-7-23-13)15-17-10(3)18-19-15/h11,13H,5-8H2,1-4H3,(H,17,18,19)/t11-,13-/m1/s1. The van der Waals surface area contributed by atoms with Crippen molar-refractivity contribution in [2.24, 2.45) is 0 Å². The Labute approximate surface area is 140 Å². The Kier molecular flexibility index (Phi) is 4.66. The van der Waals surface area contributed by atoms with Gasteiger partial charge in [-0.2, -0.15) is 5.10 Å². The van der Waals surface area contributed by atoms with Crippen LogP contribution in [0.3, 0.4) is 0 Å². The zero-order valence-electron chi connectivity index (χ0n) is 14.5. The van der Waals surface area contributed by atoms with Crippen LogP contribution in [0.25, 0.3) is 0 Å². The molecular formula is C16H23N5O3. The molecule has 1 amide bonds. The molecule has 1 saturated heterocycles. The molecular weight excluding hydrogens is 310 g/mol. The number of hydrogen-bond acceptors (Lipinski definition) is 6. The van der Waals surface area contributed by atoms with Gasteiger partial charge in [0.05, 0.1) is 17.7 Å². The van der Waals surface area contributed by atoms with E-state index in [2.05, 4.69) is 20.3 Å². The second-order valence-electron chi connectivity index (χ2n) is 6.18. The summed E-state index contributed by atoms with van der Waals surface area (Å²) in [7, 11) is 1.77. The van der Waals surface area contributed by atoms with Gasteiger partial charge in [-0.05, 0) is 26.7 Å². The highest BCUT2D eigenvalue weighted by atomic mass is 16.5. The largest absolute Gasteiger partial charge is 0.376 e. The van der Waals surface area contributed by atoms with Crippen molar-refractivity contribution in [3.8, 4) is 0 Å². The Morgan fingerprint density at radius 3 is 2.88 bits per heavy atom. The number of nitrogens with one attached hydrogen (secondary N) is 1. The summed E-state index contributed by atoms with van der Waals surface area (Å²) in [5.41, 5.74) is 1.25. The van der Waals surface area contributed by atoms with Gasteiger partial charge in [0, 0.05) is 20.2 Å². The van der Waals surface area contributed by atoms with Crippen molar-refractivity contribution in [1.82, 2.24) is 25.2 Å². The lowest BCUT2D eigenvalue weighted by Crippen LogP contribution is -2.37. The Bertz CT molecular complexity index is 723. The minimum absolute atomic E-state index is 0.0917. The van der Waals surface area contributed by atoms with Gasteiger partial charge in [-0.25, -0.2) is 4.98 Å². The van der Waals surface area contributed by atoms with Gasteiger partial charge in [-0.3, -0.25) is 9.89 Å². The van der Waals surface area contributed by atoms with E-state index in [1.54, 1.807) is 18.9 Å². The summed E-state index contributed by atoms with van der Waals surface area (Å²) in [4.78, 5) is 18.9. The zero-order valence-corrected chi connectivity index (χ0v) is 14.5. The van der Waals surface area contributed by atoms with Crippen LogP contribution in [0.2, 0.25) is 0 Å². The fourth-order valence-electron chi connectivity index (χ4n) is 3.13. The number of ether oxygens (including phenoxy) is 1. The van der Waals surface area contributed by atoms with E-state index >= 15 is 0 Å². The highest BCUT2D eigenvalue weighted by Crippen LogP contribution is 2.30. The van der Waals surface area contributed by atoms with Gasteiger partial charge in [0.15, 0.2) is 5.82 Å². The van der Waals surface area contributed by atoms with E-state index in [0.29, 0.717) is 36.6 Å². The van der Waals surface area contributed by atoms with Gasteiger partial charge < -0.3 is 14.2 Å². The molecule has 8 nitrogen and oxygen atoms in total. The van der Waals surface area contributed by atoms with Gasteiger partial charge in [-0.15, -0.1) is 0 Å². The average molecular weight is 333 g/mol. The molecule has 0 radical (unpaired) electrons. The number of hydrogen-bond donors (Lipinski definition) is 1. The third-order valence-corrected chi connectivity index (χ3v) is 4.44. The topological polar surface area (TPSA) is 97.1 Å². The maximum Gasteiger partial charge on any atom is 0.259 e. The number of aromatic amines is 1. The van der Waals surface area contributed by atoms with E-state index in [1.807, 2.05) is 13.8 Å². The monoisotopic (exact) mass is 333 g/mol. The van der Waals surface area contributed by atoms with Crippen molar-refractivity contribution >= 4 is 5.91 Å². The first-order valence-electron chi connectivity index (χ1n) is 8.22. The molecule has 1 aliphatic heterocycles. The lowest BCUT2D eigenvalue weighted by molar-refractivity contribution is 0.0548. The van der Waals surface area contributed by atoms with Crippen LogP contribution in [-0.4, -0.2) is 57.4 Å². The first kappa shape index (κ1) is 16.6. The summed E-state index contributed by atoms with van der Waals surface area (Å²) in [6, 6.07) is 0. The van der Waals surface area contributed by atoms with E-state index in [9.17, 15) is 4.79 Å². The number of amides is 1. The minimum atomic E-state index is -0.112. The fourth-order valence-corrected chi connectivity index (χ4v) is 3.13. The smallest absolute Gasteiger partial charge is 0.259 e. The van der Waals surface area contributed by atoms with Crippen LogP contribution in [0.15, 0.2) is 4.52 Å². The van der Waals surface area contributed by atoms with Crippen LogP contribution in [0.4, 0.5) is 0 Å². The third kappa shape index (κ3) is 3.06. The zero-order chi connectivity index (χ0) is 17.3. The normalized spacial score (nSPS) is 20.5. The first-order valence-corrected chi connectivity index (χ1v) is 8.22. The highest BCUT2D eigenvalue weighted by Gasteiger charge is 2.35. The highest BCUT2D eigenvalue weighted by molar-refractivity contribution is 5.96. The molecule has 0 bridgehead atoms. The molecule has 0 spiro atoms. The van der Waals surface area contributed by atoms with Crippen molar-refractivity contribution in [2.75, 3.05) is 20.2 Å². The Morgan fingerprint density at radius 1 is 1.42 bits per heavy atom. The molecule has 130 valence electrons. The van der Waals surface area contributed by atoms with Crippen molar-refractivity contribution in [2.45, 2.75) is 45.6 Å². The molecule has 2 atom stereocenters. The maximum absolute atomic E-state index is 12.8. The Hall–Kier alpha value is -2.22. The van der Waals surface area contributed by atoms with Crippen LogP contribution in [-0.2, 0) is 11.2 Å². The van der Waals surface area contributed by atoms with Crippen molar-refractivity contribution in [3.05, 3.63) is 28.7 Å². The second-order valence-corrected chi connectivity index (χ2v) is 6.18. The predicted octanol–water partition coefficient (Wildman–Crippen LogP) is 1.62. The van der Waals surface area contributed by atoms with Crippen LogP contribution >= 0.6 is 0 Å². The van der Waals surface area contributed by atoms with Crippen molar-refractivity contribution in [3.63, 3.8) is 0 Å². The van der Waals surface area contributed by atoms with Gasteiger partial charge in [-0.1, -0.05) is 12.1 Å². The van der Waals surface area contributed by atoms with Gasteiger partial charge in [0.25, 0.3) is 5.91 Å². The van der Waals surface area contributed by atoms with Gasteiger partial charge in [0.1, 0.15) is 17.1 Å². The maximum atomic E-state index is 12.8. The molecule has 8 heteroatoms. The van der Waals surface area contributed by atoms with Crippen LogP contribution in [0.5, 0.6) is 0 Å². The SMILES string of the molecule is CCc1noc(C)c1C(=O)N(C)C[C@H]1OCC[C@H]1c1n[nH]c(C)n1. The summed E-state index contributed by atoms with van der Waals surface area (Å²) in [5.74, 6) is 2.10. The van der Waals surface area contributed by atoms with Crippen LogP contribution in [0, 0.1) is 13.8 Å². The van der Waals surface area contributed by atoms with Crippen LogP contribution < -0.4 is 0 Å². The summed E-state index contributed by atoms with van der Waals surface area (Å²) in [6.45, 7) is 6.72. The third-order valence-electron chi connectivity index (χ3n) is 4.44. The molecule has 2 aromatic rings. The van der Waals surface area contributed by atoms with Crippen LogP contribution in [0.1, 0.15) is 52.7 Å². The van der Waals surface area contributed by atoms with E-state index < -0.39 is 0 Å². The number of aryl methyl sites for hydroxylation is 3.